The smallest absolute Gasteiger partial charge is 0.100 e. The monoisotopic (exact) mass is 224 g/mol. The van der Waals surface area contributed by atoms with Crippen LogP contribution in [0.2, 0.25) is 0 Å². The first-order chi connectivity index (χ1) is 8.38. The Bertz CT molecular complexity index is 644. The lowest BCUT2D eigenvalue weighted by Crippen LogP contribution is -1.91. The highest BCUT2D eigenvalue weighted by molar-refractivity contribution is 5.78. The van der Waals surface area contributed by atoms with E-state index in [1.807, 2.05) is 53.1 Å². The Morgan fingerprint density at radius 2 is 1.88 bits per heavy atom. The van der Waals surface area contributed by atoms with E-state index >= 15 is 0 Å². The summed E-state index contributed by atoms with van der Waals surface area (Å²) in [4.78, 5) is 4.36. The molecule has 0 saturated carbocycles. The number of aromatic nitrogens is 2. The molecule has 3 aromatic rings. The highest BCUT2D eigenvalue weighted by Crippen LogP contribution is 2.19. The lowest BCUT2D eigenvalue weighted by molar-refractivity contribution is 0.282. The average molecular weight is 224 g/mol. The van der Waals surface area contributed by atoms with Crippen molar-refractivity contribution in [3.8, 4) is 5.69 Å². The standard InChI is InChI=1S/C14H12N2O/c17-9-11-6-7-14-13(8-11)15-10-16(14)12-4-2-1-3-5-12/h1-8,10,17H,9H2. The van der Waals surface area contributed by atoms with Crippen molar-refractivity contribution in [3.63, 3.8) is 0 Å². The molecule has 3 heteroatoms. The zero-order chi connectivity index (χ0) is 11.7. The van der Waals surface area contributed by atoms with Gasteiger partial charge in [0.2, 0.25) is 0 Å². The van der Waals surface area contributed by atoms with Crippen LogP contribution in [0.15, 0.2) is 54.9 Å². The molecule has 0 atom stereocenters. The van der Waals surface area contributed by atoms with Gasteiger partial charge in [-0.3, -0.25) is 4.57 Å². The first-order valence-electron chi connectivity index (χ1n) is 5.51. The third-order valence-electron chi connectivity index (χ3n) is 2.83. The second kappa shape index (κ2) is 4.03. The van der Waals surface area contributed by atoms with Crippen molar-refractivity contribution in [3.05, 3.63) is 60.4 Å². The molecular weight excluding hydrogens is 212 g/mol. The molecule has 0 amide bonds. The molecule has 84 valence electrons. The molecule has 1 aromatic heterocycles. The molecule has 0 aliphatic heterocycles. The van der Waals surface area contributed by atoms with E-state index in [2.05, 4.69) is 4.98 Å². The van der Waals surface area contributed by atoms with Gasteiger partial charge in [0.15, 0.2) is 0 Å². The molecule has 2 aromatic carbocycles. The lowest BCUT2D eigenvalue weighted by Gasteiger charge is -2.03. The van der Waals surface area contributed by atoms with Crippen LogP contribution in [0.1, 0.15) is 5.56 Å². The fourth-order valence-electron chi connectivity index (χ4n) is 1.95. The van der Waals surface area contributed by atoms with Crippen LogP contribution >= 0.6 is 0 Å². The first-order valence-corrected chi connectivity index (χ1v) is 5.51. The van der Waals surface area contributed by atoms with E-state index < -0.39 is 0 Å². The van der Waals surface area contributed by atoms with Crippen molar-refractivity contribution in [2.75, 3.05) is 0 Å². The SMILES string of the molecule is OCc1ccc2c(c1)ncn2-c1ccccc1. The quantitative estimate of drug-likeness (QED) is 0.726. The second-order valence-corrected chi connectivity index (χ2v) is 3.93. The highest BCUT2D eigenvalue weighted by Gasteiger charge is 2.04. The predicted molar refractivity (Wildman–Crippen MR) is 67.0 cm³/mol. The Labute approximate surface area is 99.0 Å². The Hall–Kier alpha value is -2.13. The van der Waals surface area contributed by atoms with E-state index in [1.165, 1.54) is 0 Å². The van der Waals surface area contributed by atoms with Crippen LogP contribution in [-0.4, -0.2) is 14.7 Å². The zero-order valence-electron chi connectivity index (χ0n) is 9.24. The van der Waals surface area contributed by atoms with Gasteiger partial charge in [0, 0.05) is 5.69 Å². The molecule has 0 aliphatic rings. The number of aliphatic hydroxyl groups excluding tert-OH is 1. The Kier molecular flexibility index (Phi) is 2.38. The molecular formula is C14H12N2O. The molecule has 0 unspecified atom stereocenters. The number of hydrogen-bond acceptors (Lipinski definition) is 2. The topological polar surface area (TPSA) is 38.1 Å². The molecule has 1 heterocycles. The van der Waals surface area contributed by atoms with Gasteiger partial charge < -0.3 is 5.11 Å². The number of imidazole rings is 1. The molecule has 0 bridgehead atoms. The van der Waals surface area contributed by atoms with Gasteiger partial charge in [0.05, 0.1) is 17.6 Å². The van der Waals surface area contributed by atoms with Gasteiger partial charge in [-0.15, -0.1) is 0 Å². The number of rotatable bonds is 2. The summed E-state index contributed by atoms with van der Waals surface area (Å²) in [7, 11) is 0. The lowest BCUT2D eigenvalue weighted by atomic mass is 10.2. The number of nitrogens with zero attached hydrogens (tertiary/aromatic N) is 2. The molecule has 3 nitrogen and oxygen atoms in total. The van der Waals surface area contributed by atoms with Crippen molar-refractivity contribution < 1.29 is 5.11 Å². The summed E-state index contributed by atoms with van der Waals surface area (Å²) < 4.78 is 2.04. The fourth-order valence-corrected chi connectivity index (χ4v) is 1.95. The maximum absolute atomic E-state index is 9.09. The maximum Gasteiger partial charge on any atom is 0.100 e. The summed E-state index contributed by atoms with van der Waals surface area (Å²) in [6.07, 6.45) is 1.81. The fraction of sp³-hybridized carbons (Fsp3) is 0.0714. The first kappa shape index (κ1) is 10.1. The zero-order valence-corrected chi connectivity index (χ0v) is 9.24. The number of fused-ring (bicyclic) bond motifs is 1. The predicted octanol–water partition coefficient (Wildman–Crippen LogP) is 2.52. The minimum Gasteiger partial charge on any atom is -0.392 e. The van der Waals surface area contributed by atoms with Crippen molar-refractivity contribution in [1.29, 1.82) is 0 Å². The third-order valence-corrected chi connectivity index (χ3v) is 2.83. The van der Waals surface area contributed by atoms with Gasteiger partial charge in [0.1, 0.15) is 6.33 Å². The largest absolute Gasteiger partial charge is 0.392 e. The summed E-state index contributed by atoms with van der Waals surface area (Å²) >= 11 is 0. The van der Waals surface area contributed by atoms with E-state index in [-0.39, 0.29) is 6.61 Å². The molecule has 0 fully saturated rings. The minimum absolute atomic E-state index is 0.0497. The van der Waals surface area contributed by atoms with Gasteiger partial charge in [-0.05, 0) is 29.8 Å². The van der Waals surface area contributed by atoms with Crippen LogP contribution in [0, 0.1) is 0 Å². The van der Waals surface area contributed by atoms with Crippen molar-refractivity contribution in [2.24, 2.45) is 0 Å². The summed E-state index contributed by atoms with van der Waals surface area (Å²) in [6.45, 7) is 0.0497. The van der Waals surface area contributed by atoms with Gasteiger partial charge >= 0.3 is 0 Å². The summed E-state index contributed by atoms with van der Waals surface area (Å²) in [6, 6.07) is 15.9. The van der Waals surface area contributed by atoms with E-state index in [9.17, 15) is 0 Å². The van der Waals surface area contributed by atoms with Crippen molar-refractivity contribution in [2.45, 2.75) is 6.61 Å². The highest BCUT2D eigenvalue weighted by atomic mass is 16.3. The van der Waals surface area contributed by atoms with Gasteiger partial charge in [-0.2, -0.15) is 0 Å². The maximum atomic E-state index is 9.09. The van der Waals surface area contributed by atoms with Gasteiger partial charge in [0.25, 0.3) is 0 Å². The van der Waals surface area contributed by atoms with Crippen molar-refractivity contribution >= 4 is 11.0 Å². The molecule has 0 radical (unpaired) electrons. The van der Waals surface area contributed by atoms with Gasteiger partial charge in [-0.1, -0.05) is 24.3 Å². The number of benzene rings is 2. The molecule has 3 rings (SSSR count). The van der Waals surface area contributed by atoms with E-state index in [0.717, 1.165) is 22.3 Å². The summed E-state index contributed by atoms with van der Waals surface area (Å²) in [5.41, 5.74) is 3.93. The second-order valence-electron chi connectivity index (χ2n) is 3.93. The van der Waals surface area contributed by atoms with Crippen LogP contribution in [0.25, 0.3) is 16.7 Å². The van der Waals surface area contributed by atoms with E-state index in [0.29, 0.717) is 0 Å². The Morgan fingerprint density at radius 3 is 2.65 bits per heavy atom. The number of para-hydroxylation sites is 1. The van der Waals surface area contributed by atoms with Crippen LogP contribution < -0.4 is 0 Å². The van der Waals surface area contributed by atoms with Crippen LogP contribution in [0.3, 0.4) is 0 Å². The van der Waals surface area contributed by atoms with Crippen molar-refractivity contribution in [1.82, 2.24) is 9.55 Å². The third kappa shape index (κ3) is 1.70. The normalized spacial score (nSPS) is 10.9. The summed E-state index contributed by atoms with van der Waals surface area (Å²) in [5.74, 6) is 0. The Balaban J connectivity index is 2.19. The molecule has 0 spiro atoms. The summed E-state index contributed by atoms with van der Waals surface area (Å²) in [5, 5.41) is 9.09. The molecule has 0 saturated heterocycles. The van der Waals surface area contributed by atoms with Gasteiger partial charge in [-0.25, -0.2) is 4.98 Å². The van der Waals surface area contributed by atoms with Crippen LogP contribution in [-0.2, 0) is 6.61 Å². The molecule has 17 heavy (non-hydrogen) atoms. The van der Waals surface area contributed by atoms with E-state index in [1.54, 1.807) is 6.33 Å². The number of aliphatic hydroxyl groups is 1. The minimum atomic E-state index is 0.0497. The molecule has 1 N–H and O–H groups in total. The number of hydrogen-bond donors (Lipinski definition) is 1. The van der Waals surface area contributed by atoms with E-state index in [4.69, 9.17) is 5.11 Å². The molecule has 0 aliphatic carbocycles. The van der Waals surface area contributed by atoms with Crippen LogP contribution in [0.5, 0.6) is 0 Å². The van der Waals surface area contributed by atoms with Crippen LogP contribution in [0.4, 0.5) is 0 Å². The average Bonchev–Trinajstić information content (AvgIpc) is 2.82. The Morgan fingerprint density at radius 1 is 1.06 bits per heavy atom.